The molecule has 0 radical (unpaired) electrons. The number of ether oxygens (including phenoxy) is 1. The molecule has 1 aromatic rings. The highest BCUT2D eigenvalue weighted by Gasteiger charge is 2.11. The first kappa shape index (κ1) is 15.0. The second-order valence-corrected chi connectivity index (χ2v) is 4.72. The summed E-state index contributed by atoms with van der Waals surface area (Å²) >= 11 is 0. The molecule has 2 N–H and O–H groups in total. The number of benzene rings is 1. The van der Waals surface area contributed by atoms with E-state index in [9.17, 15) is 0 Å². The van der Waals surface area contributed by atoms with Crippen LogP contribution in [0.1, 0.15) is 38.8 Å². The molecule has 0 saturated carbocycles. The molecule has 1 aromatic carbocycles. The molecule has 0 saturated heterocycles. The Hall–Kier alpha value is -1.06. The lowest BCUT2D eigenvalue weighted by Crippen LogP contribution is -2.25. The molecule has 3 nitrogen and oxygen atoms in total. The lowest BCUT2D eigenvalue weighted by Gasteiger charge is -2.20. The van der Waals surface area contributed by atoms with Crippen molar-refractivity contribution >= 4 is 0 Å². The zero-order chi connectivity index (χ0) is 13.4. The maximum Gasteiger partial charge on any atom is 0.124 e. The van der Waals surface area contributed by atoms with Crippen molar-refractivity contribution in [2.24, 2.45) is 5.92 Å². The summed E-state index contributed by atoms with van der Waals surface area (Å²) in [5, 5.41) is 12.4. The third kappa shape index (κ3) is 4.67. The smallest absolute Gasteiger partial charge is 0.124 e. The number of aliphatic hydroxyl groups excluding tert-OH is 1. The average Bonchev–Trinajstić information content (AvgIpc) is 2.37. The van der Waals surface area contributed by atoms with Gasteiger partial charge in [-0.15, -0.1) is 0 Å². The Bertz CT molecular complexity index is 341. The molecular formula is C15H25NO2. The first-order valence-corrected chi connectivity index (χ1v) is 6.75. The Morgan fingerprint density at radius 3 is 2.67 bits per heavy atom. The van der Waals surface area contributed by atoms with Gasteiger partial charge in [-0.2, -0.15) is 0 Å². The van der Waals surface area contributed by atoms with Crippen LogP contribution >= 0.6 is 0 Å². The highest BCUT2D eigenvalue weighted by Crippen LogP contribution is 2.24. The van der Waals surface area contributed by atoms with Crippen LogP contribution in [0.25, 0.3) is 0 Å². The van der Waals surface area contributed by atoms with Gasteiger partial charge in [0.2, 0.25) is 0 Å². The van der Waals surface area contributed by atoms with E-state index < -0.39 is 0 Å². The first-order valence-electron chi connectivity index (χ1n) is 6.75. The number of hydrogen-bond donors (Lipinski definition) is 2. The first-order chi connectivity index (χ1) is 8.69. The summed E-state index contributed by atoms with van der Waals surface area (Å²) in [6.45, 7) is 8.13. The van der Waals surface area contributed by atoms with E-state index in [-0.39, 0.29) is 12.6 Å². The highest BCUT2D eigenvalue weighted by atomic mass is 16.5. The second-order valence-electron chi connectivity index (χ2n) is 4.72. The predicted octanol–water partition coefficient (Wildman–Crippen LogP) is 2.75. The Labute approximate surface area is 110 Å². The molecule has 0 fully saturated rings. The van der Waals surface area contributed by atoms with E-state index >= 15 is 0 Å². The van der Waals surface area contributed by atoms with Gasteiger partial charge in [-0.1, -0.05) is 25.1 Å². The Kier molecular flexibility index (Phi) is 6.76. The van der Waals surface area contributed by atoms with E-state index in [0.717, 1.165) is 18.7 Å². The molecule has 2 atom stereocenters. The number of para-hydroxylation sites is 1. The zero-order valence-electron chi connectivity index (χ0n) is 11.6. The third-order valence-corrected chi connectivity index (χ3v) is 3.08. The summed E-state index contributed by atoms with van der Waals surface area (Å²) in [5.74, 6) is 1.44. The van der Waals surface area contributed by atoms with E-state index in [4.69, 9.17) is 9.84 Å². The molecule has 102 valence electrons. The van der Waals surface area contributed by atoms with Gasteiger partial charge >= 0.3 is 0 Å². The summed E-state index contributed by atoms with van der Waals surface area (Å²) in [6, 6.07) is 8.39. The van der Waals surface area contributed by atoms with Gasteiger partial charge in [0.25, 0.3) is 0 Å². The van der Waals surface area contributed by atoms with Crippen LogP contribution in [0.5, 0.6) is 5.75 Å². The van der Waals surface area contributed by atoms with Gasteiger partial charge in [-0.25, -0.2) is 0 Å². The van der Waals surface area contributed by atoms with E-state index in [2.05, 4.69) is 25.2 Å². The van der Waals surface area contributed by atoms with Crippen molar-refractivity contribution in [3.63, 3.8) is 0 Å². The maximum absolute atomic E-state index is 8.89. The molecule has 0 aliphatic heterocycles. The van der Waals surface area contributed by atoms with Crippen molar-refractivity contribution in [3.05, 3.63) is 29.8 Å². The molecule has 3 heteroatoms. The fourth-order valence-corrected chi connectivity index (χ4v) is 1.94. The molecule has 0 aromatic heterocycles. The molecule has 2 unspecified atom stereocenters. The molecule has 1 rings (SSSR count). The summed E-state index contributed by atoms with van der Waals surface area (Å²) in [4.78, 5) is 0. The van der Waals surface area contributed by atoms with Crippen LogP contribution in [0.2, 0.25) is 0 Å². The lowest BCUT2D eigenvalue weighted by atomic mass is 10.0. The Balaban J connectivity index is 2.57. The predicted molar refractivity (Wildman–Crippen MR) is 74.9 cm³/mol. The van der Waals surface area contributed by atoms with Gasteiger partial charge in [-0.05, 0) is 38.8 Å². The molecule has 0 aliphatic rings. The zero-order valence-corrected chi connectivity index (χ0v) is 11.6. The van der Waals surface area contributed by atoms with Gasteiger partial charge in [0.15, 0.2) is 0 Å². The molecule has 0 heterocycles. The summed E-state index contributed by atoms with van der Waals surface area (Å²) in [5.41, 5.74) is 1.19. The number of rotatable bonds is 8. The minimum atomic E-state index is 0.257. The fraction of sp³-hybridized carbons (Fsp3) is 0.600. The highest BCUT2D eigenvalue weighted by molar-refractivity contribution is 5.35. The van der Waals surface area contributed by atoms with Crippen LogP contribution in [0, 0.1) is 5.92 Å². The van der Waals surface area contributed by atoms with Gasteiger partial charge in [0.05, 0.1) is 6.61 Å². The van der Waals surface area contributed by atoms with Gasteiger partial charge < -0.3 is 15.2 Å². The van der Waals surface area contributed by atoms with Crippen molar-refractivity contribution < 1.29 is 9.84 Å². The van der Waals surface area contributed by atoms with Crippen molar-refractivity contribution in [2.45, 2.75) is 33.2 Å². The van der Waals surface area contributed by atoms with E-state index in [0.29, 0.717) is 12.5 Å². The third-order valence-electron chi connectivity index (χ3n) is 3.08. The van der Waals surface area contributed by atoms with E-state index in [1.807, 2.05) is 25.1 Å². The fourth-order valence-electron chi connectivity index (χ4n) is 1.94. The van der Waals surface area contributed by atoms with Crippen LogP contribution in [-0.2, 0) is 0 Å². The van der Waals surface area contributed by atoms with Crippen molar-refractivity contribution in [2.75, 3.05) is 19.8 Å². The molecule has 0 amide bonds. The maximum atomic E-state index is 8.89. The number of aliphatic hydroxyl groups is 1. The topological polar surface area (TPSA) is 41.5 Å². The number of nitrogens with one attached hydrogen (secondary N) is 1. The quantitative estimate of drug-likeness (QED) is 0.746. The van der Waals surface area contributed by atoms with Gasteiger partial charge in [0.1, 0.15) is 5.75 Å². The molecule has 0 spiro atoms. The van der Waals surface area contributed by atoms with E-state index in [1.165, 1.54) is 5.56 Å². The number of hydrogen-bond acceptors (Lipinski definition) is 3. The minimum Gasteiger partial charge on any atom is -0.494 e. The summed E-state index contributed by atoms with van der Waals surface area (Å²) in [6.07, 6.45) is 0.840. The molecule has 0 aliphatic carbocycles. The molecule has 18 heavy (non-hydrogen) atoms. The second kappa shape index (κ2) is 8.11. The minimum absolute atomic E-state index is 0.257. The van der Waals surface area contributed by atoms with Crippen molar-refractivity contribution in [3.8, 4) is 5.75 Å². The molecule has 0 bridgehead atoms. The van der Waals surface area contributed by atoms with Crippen LogP contribution < -0.4 is 10.1 Å². The molecular weight excluding hydrogens is 226 g/mol. The van der Waals surface area contributed by atoms with E-state index in [1.54, 1.807) is 0 Å². The van der Waals surface area contributed by atoms with Crippen LogP contribution in [-0.4, -0.2) is 24.9 Å². The lowest BCUT2D eigenvalue weighted by molar-refractivity contribution is 0.258. The van der Waals surface area contributed by atoms with Crippen LogP contribution in [0.3, 0.4) is 0 Å². The van der Waals surface area contributed by atoms with Gasteiger partial charge in [0, 0.05) is 18.2 Å². The Morgan fingerprint density at radius 2 is 2.00 bits per heavy atom. The monoisotopic (exact) mass is 251 g/mol. The summed E-state index contributed by atoms with van der Waals surface area (Å²) in [7, 11) is 0. The normalized spacial score (nSPS) is 14.2. The standard InChI is InChI=1S/C15H25NO2/c1-4-18-15-8-6-5-7-14(15)13(3)16-11-12(2)9-10-17/h5-8,12-13,16-17H,4,9-11H2,1-3H3. The Morgan fingerprint density at radius 1 is 1.28 bits per heavy atom. The average molecular weight is 251 g/mol. The van der Waals surface area contributed by atoms with Crippen LogP contribution in [0.15, 0.2) is 24.3 Å². The van der Waals surface area contributed by atoms with Crippen molar-refractivity contribution in [1.29, 1.82) is 0 Å². The summed E-state index contributed by atoms with van der Waals surface area (Å²) < 4.78 is 5.63. The van der Waals surface area contributed by atoms with Crippen molar-refractivity contribution in [1.82, 2.24) is 5.32 Å². The largest absolute Gasteiger partial charge is 0.494 e. The van der Waals surface area contributed by atoms with Gasteiger partial charge in [-0.3, -0.25) is 0 Å². The SMILES string of the molecule is CCOc1ccccc1C(C)NCC(C)CCO. The van der Waals surface area contributed by atoms with Crippen LogP contribution in [0.4, 0.5) is 0 Å².